The van der Waals surface area contributed by atoms with Crippen molar-refractivity contribution in [3.05, 3.63) is 30.1 Å². The lowest BCUT2D eigenvalue weighted by Crippen LogP contribution is -2.39. The van der Waals surface area contributed by atoms with Crippen LogP contribution < -0.4 is 16.0 Å². The number of halogens is 2. The van der Waals surface area contributed by atoms with Gasteiger partial charge in [0.25, 0.3) is 0 Å². The SMILES string of the molecule is CCNC(=NCC(=O)Nc1ccc(F)cc1)NCCOCCC(C)C.I. The molecule has 6 nitrogen and oxygen atoms in total. The number of ether oxygens (including phenoxy) is 1. The molecule has 1 aromatic carbocycles. The van der Waals surface area contributed by atoms with E-state index >= 15 is 0 Å². The monoisotopic (exact) mass is 480 g/mol. The molecule has 0 aliphatic heterocycles. The van der Waals surface area contributed by atoms with Crippen molar-refractivity contribution in [3.63, 3.8) is 0 Å². The van der Waals surface area contributed by atoms with Crippen LogP contribution in [0.1, 0.15) is 27.2 Å². The van der Waals surface area contributed by atoms with Crippen LogP contribution in [-0.4, -0.2) is 44.7 Å². The van der Waals surface area contributed by atoms with Crippen LogP contribution in [-0.2, 0) is 9.53 Å². The second-order valence-corrected chi connectivity index (χ2v) is 5.97. The molecule has 0 aliphatic rings. The van der Waals surface area contributed by atoms with Gasteiger partial charge in [0.1, 0.15) is 12.4 Å². The number of anilines is 1. The van der Waals surface area contributed by atoms with Crippen molar-refractivity contribution < 1.29 is 13.9 Å². The predicted octanol–water partition coefficient (Wildman–Crippen LogP) is 3.00. The van der Waals surface area contributed by atoms with Crippen molar-refractivity contribution in [1.82, 2.24) is 10.6 Å². The molecule has 0 saturated heterocycles. The van der Waals surface area contributed by atoms with Crippen LogP contribution in [0.5, 0.6) is 0 Å². The van der Waals surface area contributed by atoms with Crippen molar-refractivity contribution >= 4 is 41.5 Å². The Labute approximate surface area is 172 Å². The summed E-state index contributed by atoms with van der Waals surface area (Å²) in [4.78, 5) is 16.1. The average Bonchev–Trinajstić information content (AvgIpc) is 2.57. The Balaban J connectivity index is 0.00000625. The van der Waals surface area contributed by atoms with E-state index < -0.39 is 0 Å². The van der Waals surface area contributed by atoms with Gasteiger partial charge in [-0.05, 0) is 43.5 Å². The normalized spacial score (nSPS) is 11.0. The molecule has 0 bridgehead atoms. The second-order valence-electron chi connectivity index (χ2n) is 5.97. The number of rotatable bonds is 10. The third-order valence-corrected chi connectivity index (χ3v) is 3.23. The molecule has 26 heavy (non-hydrogen) atoms. The fourth-order valence-corrected chi connectivity index (χ4v) is 1.89. The van der Waals surface area contributed by atoms with E-state index in [0.29, 0.717) is 37.3 Å². The summed E-state index contributed by atoms with van der Waals surface area (Å²) in [5, 5.41) is 8.86. The van der Waals surface area contributed by atoms with E-state index in [4.69, 9.17) is 4.74 Å². The zero-order chi connectivity index (χ0) is 18.5. The molecule has 0 atom stereocenters. The van der Waals surface area contributed by atoms with Gasteiger partial charge >= 0.3 is 0 Å². The minimum absolute atomic E-state index is 0. The maximum Gasteiger partial charge on any atom is 0.246 e. The van der Waals surface area contributed by atoms with Crippen molar-refractivity contribution in [3.8, 4) is 0 Å². The van der Waals surface area contributed by atoms with Crippen LogP contribution in [0.25, 0.3) is 0 Å². The topological polar surface area (TPSA) is 74.8 Å². The highest BCUT2D eigenvalue weighted by Crippen LogP contribution is 2.07. The Hall–Kier alpha value is -1.42. The molecule has 0 aromatic heterocycles. The number of carbonyl (C=O) groups excluding carboxylic acids is 1. The molecule has 3 N–H and O–H groups in total. The van der Waals surface area contributed by atoms with Crippen molar-refractivity contribution in [2.24, 2.45) is 10.9 Å². The molecular weight excluding hydrogens is 450 g/mol. The van der Waals surface area contributed by atoms with E-state index in [2.05, 4.69) is 34.8 Å². The number of guanidine groups is 1. The quantitative estimate of drug-likeness (QED) is 0.208. The van der Waals surface area contributed by atoms with E-state index in [0.717, 1.165) is 13.0 Å². The molecule has 1 amide bonds. The van der Waals surface area contributed by atoms with E-state index in [9.17, 15) is 9.18 Å². The third-order valence-electron chi connectivity index (χ3n) is 3.23. The second kappa shape index (κ2) is 14.7. The molecule has 0 saturated carbocycles. The number of aliphatic imine (C=N–C) groups is 1. The number of hydrogen-bond donors (Lipinski definition) is 3. The molecule has 0 fully saturated rings. The number of nitrogens with one attached hydrogen (secondary N) is 3. The Morgan fingerprint density at radius 2 is 1.88 bits per heavy atom. The zero-order valence-corrected chi connectivity index (χ0v) is 18.0. The first-order valence-corrected chi connectivity index (χ1v) is 8.66. The number of hydrogen-bond acceptors (Lipinski definition) is 3. The fraction of sp³-hybridized carbons (Fsp3) is 0.556. The maximum atomic E-state index is 12.8. The molecule has 148 valence electrons. The number of carbonyl (C=O) groups is 1. The highest BCUT2D eigenvalue weighted by atomic mass is 127. The predicted molar refractivity (Wildman–Crippen MR) is 115 cm³/mol. The molecule has 8 heteroatoms. The van der Waals surface area contributed by atoms with Gasteiger partial charge in [-0.1, -0.05) is 13.8 Å². The lowest BCUT2D eigenvalue weighted by molar-refractivity contribution is -0.114. The third kappa shape index (κ3) is 12.0. The van der Waals surface area contributed by atoms with Gasteiger partial charge in [0.15, 0.2) is 5.96 Å². The lowest BCUT2D eigenvalue weighted by Gasteiger charge is -2.12. The van der Waals surface area contributed by atoms with Gasteiger partial charge in [-0.2, -0.15) is 0 Å². The minimum atomic E-state index is -0.342. The van der Waals surface area contributed by atoms with Crippen LogP contribution >= 0.6 is 24.0 Å². The zero-order valence-electron chi connectivity index (χ0n) is 15.7. The highest BCUT2D eigenvalue weighted by molar-refractivity contribution is 14.0. The van der Waals surface area contributed by atoms with E-state index in [-0.39, 0.29) is 42.2 Å². The largest absolute Gasteiger partial charge is 0.380 e. The van der Waals surface area contributed by atoms with Crippen molar-refractivity contribution in [1.29, 1.82) is 0 Å². The minimum Gasteiger partial charge on any atom is -0.380 e. The Morgan fingerprint density at radius 3 is 2.50 bits per heavy atom. The molecule has 0 spiro atoms. The summed E-state index contributed by atoms with van der Waals surface area (Å²) >= 11 is 0. The smallest absolute Gasteiger partial charge is 0.246 e. The average molecular weight is 480 g/mol. The van der Waals surface area contributed by atoms with Crippen LogP contribution in [0.2, 0.25) is 0 Å². The van der Waals surface area contributed by atoms with E-state index in [1.807, 2.05) is 6.92 Å². The van der Waals surface area contributed by atoms with Crippen molar-refractivity contribution in [2.75, 3.05) is 38.2 Å². The maximum absolute atomic E-state index is 12.8. The summed E-state index contributed by atoms with van der Waals surface area (Å²) in [5.41, 5.74) is 0.540. The summed E-state index contributed by atoms with van der Waals surface area (Å²) < 4.78 is 18.4. The molecule has 0 aliphatic carbocycles. The summed E-state index contributed by atoms with van der Waals surface area (Å²) in [7, 11) is 0. The van der Waals surface area contributed by atoms with Crippen LogP contribution in [0.4, 0.5) is 10.1 Å². The summed E-state index contributed by atoms with van der Waals surface area (Å²) in [6.45, 7) is 8.88. The summed E-state index contributed by atoms with van der Waals surface area (Å²) in [6.07, 6.45) is 1.04. The summed E-state index contributed by atoms with van der Waals surface area (Å²) in [6, 6.07) is 5.61. The van der Waals surface area contributed by atoms with E-state index in [1.54, 1.807) is 0 Å². The number of benzene rings is 1. The Morgan fingerprint density at radius 1 is 1.19 bits per heavy atom. The van der Waals surface area contributed by atoms with E-state index in [1.165, 1.54) is 24.3 Å². The van der Waals surface area contributed by atoms with Gasteiger partial charge in [-0.15, -0.1) is 24.0 Å². The van der Waals surface area contributed by atoms with Gasteiger partial charge in [0.05, 0.1) is 6.61 Å². The molecule has 1 rings (SSSR count). The van der Waals surface area contributed by atoms with Gasteiger partial charge in [-0.3, -0.25) is 4.79 Å². The molecule has 0 radical (unpaired) electrons. The molecular formula is C18H30FIN4O2. The Kier molecular flexibility index (Phi) is 13.9. The van der Waals surface area contributed by atoms with Crippen LogP contribution in [0, 0.1) is 11.7 Å². The first-order chi connectivity index (χ1) is 12.0. The van der Waals surface area contributed by atoms with Gasteiger partial charge in [0, 0.05) is 25.4 Å². The number of amides is 1. The van der Waals surface area contributed by atoms with Gasteiger partial charge < -0.3 is 20.7 Å². The fourth-order valence-electron chi connectivity index (χ4n) is 1.89. The van der Waals surface area contributed by atoms with Gasteiger partial charge in [-0.25, -0.2) is 9.38 Å². The molecule has 0 heterocycles. The van der Waals surface area contributed by atoms with Crippen LogP contribution in [0.3, 0.4) is 0 Å². The lowest BCUT2D eigenvalue weighted by atomic mass is 10.1. The van der Waals surface area contributed by atoms with Crippen molar-refractivity contribution in [2.45, 2.75) is 27.2 Å². The molecule has 0 unspecified atom stereocenters. The Bertz CT molecular complexity index is 538. The molecule has 1 aromatic rings. The first kappa shape index (κ1) is 24.6. The summed E-state index contributed by atoms with van der Waals surface area (Å²) in [5.74, 6) is 0.581. The van der Waals surface area contributed by atoms with Gasteiger partial charge in [0.2, 0.25) is 5.91 Å². The highest BCUT2D eigenvalue weighted by Gasteiger charge is 2.03. The first-order valence-electron chi connectivity index (χ1n) is 8.66. The van der Waals surface area contributed by atoms with Crippen LogP contribution in [0.15, 0.2) is 29.3 Å². The number of nitrogens with zero attached hydrogens (tertiary/aromatic N) is 1. The standard InChI is InChI=1S/C18H29FN4O2.HI/c1-4-20-18(21-10-12-25-11-9-14(2)3)22-13-17(24)23-16-7-5-15(19)6-8-16;/h5-8,14H,4,9-13H2,1-3H3,(H,23,24)(H2,20,21,22);1H.